The Morgan fingerprint density at radius 3 is 1.53 bits per heavy atom. The van der Waals surface area contributed by atoms with Crippen molar-refractivity contribution in [2.24, 2.45) is 22.3 Å². The standard InChI is InChI=1S/C67H91FN12O10S/c68-91(87,88)51-24-19-46(20-25-51)40-58-66(86)80-45-50(77-78-72)44-59(80)65(85)79(58)35-37-90-39-38-89-36-34-73-60(81)29-30-67-55-41-47(74-61(82)16-10-4-1-7-13-31-69)21-26-52(55)64(53-27-22-48(42-56(53)67)75-62(83)17-11-5-2-8-14-32-70)54-28-23-49(43-57(54)67)76-63(84)18-12-6-3-9-15-33-71/h19-28,41-43,50,58-59,64H,1-18,29-40,44-45,69-71H2,(H,73,81)(H,74,82)(H,75,83)(H,76,84)/t50-,58?,59-,64?,67?/m0/s1. The molecule has 1 unspecified atom stereocenters. The van der Waals surface area contributed by atoms with Crippen LogP contribution in [0.3, 0.4) is 0 Å². The molecule has 0 aromatic heterocycles. The van der Waals surface area contributed by atoms with Gasteiger partial charge in [0.25, 0.3) is 0 Å². The summed E-state index contributed by atoms with van der Waals surface area (Å²) < 4.78 is 48.4. The van der Waals surface area contributed by atoms with Gasteiger partial charge in [0, 0.05) is 85.0 Å². The van der Waals surface area contributed by atoms with E-state index in [-0.39, 0.29) is 113 Å². The Balaban J connectivity index is 0.957. The normalized spacial score (nSPS) is 18.6. The first-order chi connectivity index (χ1) is 44.1. The number of benzene rings is 4. The van der Waals surface area contributed by atoms with Gasteiger partial charge in [-0.15, -0.1) is 3.89 Å². The number of rotatable bonds is 40. The molecule has 4 aromatic rings. The maximum atomic E-state index is 14.3. The Hall–Kier alpha value is -7.31. The van der Waals surface area contributed by atoms with Crippen molar-refractivity contribution in [3.63, 3.8) is 0 Å². The van der Waals surface area contributed by atoms with Crippen molar-refractivity contribution in [2.75, 3.05) is 81.6 Å². The van der Waals surface area contributed by atoms with Crippen molar-refractivity contribution in [3.8, 4) is 0 Å². The molecule has 5 aliphatic rings. The molecule has 2 aliphatic heterocycles. The van der Waals surface area contributed by atoms with Crippen LogP contribution in [0.25, 0.3) is 10.4 Å². The van der Waals surface area contributed by atoms with Gasteiger partial charge in [0.1, 0.15) is 12.1 Å². The molecule has 0 radical (unpaired) electrons. The first kappa shape index (κ1) is 69.6. The zero-order chi connectivity index (χ0) is 64.8. The molecule has 9 rings (SSSR count). The lowest BCUT2D eigenvalue weighted by molar-refractivity contribution is -0.160. The summed E-state index contributed by atoms with van der Waals surface area (Å²) in [6, 6.07) is 20.8. The maximum Gasteiger partial charge on any atom is 0.332 e. The van der Waals surface area contributed by atoms with Crippen LogP contribution in [0.1, 0.15) is 180 Å². The Kier molecular flexibility index (Phi) is 26.3. The predicted octanol–water partition coefficient (Wildman–Crippen LogP) is 8.86. The van der Waals surface area contributed by atoms with Crippen molar-refractivity contribution in [1.29, 1.82) is 0 Å². The number of hydrogen-bond donors (Lipinski definition) is 7. The number of ether oxygens (including phenoxy) is 2. The smallest absolute Gasteiger partial charge is 0.332 e. The summed E-state index contributed by atoms with van der Waals surface area (Å²) in [5, 5.41) is 16.3. The van der Waals surface area contributed by atoms with Gasteiger partial charge in [-0.3, -0.25) is 28.8 Å². The van der Waals surface area contributed by atoms with Crippen LogP contribution in [-0.4, -0.2) is 137 Å². The van der Waals surface area contributed by atoms with Gasteiger partial charge in [-0.2, -0.15) is 8.42 Å². The number of anilines is 3. The van der Waals surface area contributed by atoms with E-state index in [0.717, 1.165) is 142 Å². The van der Waals surface area contributed by atoms with E-state index in [1.807, 2.05) is 36.4 Å². The number of halogens is 1. The Bertz CT molecular complexity index is 3130. The van der Waals surface area contributed by atoms with Gasteiger partial charge in [0.15, 0.2) is 0 Å². The van der Waals surface area contributed by atoms with E-state index in [1.165, 1.54) is 21.9 Å². The number of piperazine rings is 1. The second-order valence-corrected chi connectivity index (χ2v) is 25.7. The van der Waals surface area contributed by atoms with E-state index >= 15 is 0 Å². The lowest BCUT2D eigenvalue weighted by Crippen LogP contribution is -2.63. The van der Waals surface area contributed by atoms with Crippen molar-refractivity contribution in [3.05, 3.63) is 128 Å². The van der Waals surface area contributed by atoms with E-state index in [2.05, 4.69) is 49.5 Å². The minimum atomic E-state index is -4.95. The van der Waals surface area contributed by atoms with Crippen LogP contribution in [-0.2, 0) is 60.3 Å². The second-order valence-electron chi connectivity index (χ2n) is 24.3. The number of carbonyl (C=O) groups is 6. The summed E-state index contributed by atoms with van der Waals surface area (Å²) in [5.74, 6) is -1.46. The molecular formula is C67H91FN12O10S. The highest BCUT2D eigenvalue weighted by Gasteiger charge is 2.53. The molecule has 6 amide bonds. The molecule has 4 aromatic carbocycles. The van der Waals surface area contributed by atoms with Crippen molar-refractivity contribution in [1.82, 2.24) is 15.1 Å². The zero-order valence-electron chi connectivity index (χ0n) is 52.3. The highest BCUT2D eigenvalue weighted by Crippen LogP contribution is 2.62. The number of nitrogens with zero attached hydrogens (tertiary/aromatic N) is 5. The van der Waals surface area contributed by atoms with Crippen LogP contribution >= 0.6 is 0 Å². The number of unbranched alkanes of at least 4 members (excludes halogenated alkanes) is 12. The molecular weight excluding hydrogens is 1180 g/mol. The largest absolute Gasteiger partial charge is 0.377 e. The fraction of sp³-hybridized carbons (Fsp3) is 0.552. The summed E-state index contributed by atoms with van der Waals surface area (Å²) in [7, 11) is -4.95. The zero-order valence-corrected chi connectivity index (χ0v) is 53.1. The number of azide groups is 1. The van der Waals surface area contributed by atoms with Gasteiger partial charge in [-0.1, -0.05) is 93.2 Å². The van der Waals surface area contributed by atoms with Gasteiger partial charge < -0.3 is 57.7 Å². The predicted molar refractivity (Wildman–Crippen MR) is 347 cm³/mol. The molecule has 24 heteroatoms. The van der Waals surface area contributed by atoms with E-state index in [4.69, 9.17) is 32.2 Å². The summed E-state index contributed by atoms with van der Waals surface area (Å²) in [6.45, 7) is 2.67. The van der Waals surface area contributed by atoms with Crippen LogP contribution in [0.5, 0.6) is 0 Å². The van der Waals surface area contributed by atoms with Crippen molar-refractivity contribution < 1.29 is 50.5 Å². The van der Waals surface area contributed by atoms with Crippen LogP contribution in [0.4, 0.5) is 20.9 Å². The number of carbonyl (C=O) groups excluding carboxylic acids is 6. The molecule has 10 N–H and O–H groups in total. The first-order valence-electron chi connectivity index (χ1n) is 32.6. The average molecular weight is 1280 g/mol. The molecule has 492 valence electrons. The quantitative estimate of drug-likeness (QED) is 0.00720. The molecule has 22 nitrogen and oxygen atoms in total. The van der Waals surface area contributed by atoms with Gasteiger partial charge >= 0.3 is 10.2 Å². The molecule has 2 saturated heterocycles. The average Bonchev–Trinajstić information content (AvgIpc) is 0.978. The van der Waals surface area contributed by atoms with Crippen LogP contribution in [0.2, 0.25) is 0 Å². The summed E-state index contributed by atoms with van der Waals surface area (Å²) in [4.78, 5) is 88.1. The SMILES string of the molecule is [N-]=[N+]=N[C@H]1C[C@H]2C(=O)N(CCOCCOCCNC(=O)CCC34c5cc(NC(=O)CCCCCCCN)ccc5C(c5ccc(NC(=O)CCCCCCCN)cc53)c3ccc(NC(=O)CCCCCCCN)cc34)C(Cc3ccc(S(=O)(=O)F)cc3)C(=O)N2C1. The highest BCUT2D eigenvalue weighted by atomic mass is 32.3. The summed E-state index contributed by atoms with van der Waals surface area (Å²) in [5.41, 5.74) is 33.4. The van der Waals surface area contributed by atoms with E-state index in [9.17, 15) is 41.1 Å². The van der Waals surface area contributed by atoms with Gasteiger partial charge in [-0.05, 0) is 164 Å². The number of amides is 6. The van der Waals surface area contributed by atoms with Crippen LogP contribution < -0.4 is 38.5 Å². The number of hydrogen-bond acceptors (Lipinski definition) is 14. The molecule has 2 bridgehead atoms. The Morgan fingerprint density at radius 1 is 0.604 bits per heavy atom. The summed E-state index contributed by atoms with van der Waals surface area (Å²) in [6.07, 6.45) is 15.5. The first-order valence-corrected chi connectivity index (χ1v) is 34.0. The topological polar surface area (TPSA) is 336 Å². The molecule has 91 heavy (non-hydrogen) atoms. The van der Waals surface area contributed by atoms with Crippen molar-refractivity contribution >= 4 is 62.7 Å². The van der Waals surface area contributed by atoms with Gasteiger partial charge in [0.2, 0.25) is 35.4 Å². The minimum absolute atomic E-state index is 0.0173. The number of nitrogens with one attached hydrogen (secondary N) is 4. The van der Waals surface area contributed by atoms with E-state index in [1.54, 1.807) is 0 Å². The molecule has 3 aliphatic carbocycles. The van der Waals surface area contributed by atoms with Crippen molar-refractivity contribution in [2.45, 2.75) is 176 Å². The monoisotopic (exact) mass is 1270 g/mol. The molecule has 2 fully saturated rings. The Morgan fingerprint density at radius 2 is 1.07 bits per heavy atom. The van der Waals surface area contributed by atoms with Gasteiger partial charge in [-0.25, -0.2) is 0 Å². The minimum Gasteiger partial charge on any atom is -0.377 e. The van der Waals surface area contributed by atoms with E-state index in [0.29, 0.717) is 61.5 Å². The summed E-state index contributed by atoms with van der Waals surface area (Å²) >= 11 is 0. The molecule has 3 atom stereocenters. The van der Waals surface area contributed by atoms with Crippen LogP contribution in [0.15, 0.2) is 88.9 Å². The number of nitrogens with two attached hydrogens (primary N) is 3. The fourth-order valence-electron chi connectivity index (χ4n) is 13.4. The van der Waals surface area contributed by atoms with Crippen LogP contribution in [0, 0.1) is 0 Å². The lowest BCUT2D eigenvalue weighted by Gasteiger charge is -2.51. The van der Waals surface area contributed by atoms with Gasteiger partial charge in [0.05, 0.1) is 37.4 Å². The highest BCUT2D eigenvalue weighted by molar-refractivity contribution is 7.86. The second kappa shape index (κ2) is 34.4. The molecule has 0 saturated carbocycles. The third kappa shape index (κ3) is 18.5. The molecule has 0 spiro atoms. The fourth-order valence-corrected chi connectivity index (χ4v) is 13.8. The maximum absolute atomic E-state index is 14.3. The number of fused-ring (bicyclic) bond motifs is 1. The van der Waals surface area contributed by atoms with E-state index < -0.39 is 38.7 Å². The third-order valence-corrected chi connectivity index (χ3v) is 18.8. The third-order valence-electron chi connectivity index (χ3n) is 17.9. The molecule has 2 heterocycles. The lowest BCUT2D eigenvalue weighted by atomic mass is 9.51. The Labute approximate surface area is 533 Å².